The van der Waals surface area contributed by atoms with Crippen LogP contribution in [-0.4, -0.2) is 6.29 Å². The Morgan fingerprint density at radius 2 is 1.02 bits per heavy atom. The Morgan fingerprint density at radius 1 is 0.548 bits per heavy atom. The fourth-order valence-electron chi connectivity index (χ4n) is 7.35. The van der Waals surface area contributed by atoms with Crippen LogP contribution in [0.1, 0.15) is 59.6 Å². The molecular formula is C39H31NOS. The Morgan fingerprint density at radius 3 is 1.57 bits per heavy atom. The molecule has 204 valence electrons. The molecule has 0 saturated carbocycles. The number of carbonyl (C=O) groups excluding carboxylic acids is 1. The monoisotopic (exact) mass is 561 g/mol. The lowest BCUT2D eigenvalue weighted by Gasteiger charge is -2.29. The molecule has 0 radical (unpaired) electrons. The summed E-state index contributed by atoms with van der Waals surface area (Å²) in [6.07, 6.45) is 0.947. The first-order valence-electron chi connectivity index (χ1n) is 14.5. The van der Waals surface area contributed by atoms with E-state index in [1.807, 2.05) is 6.07 Å². The lowest BCUT2D eigenvalue weighted by molar-refractivity contribution is 0.112. The lowest BCUT2D eigenvalue weighted by atomic mass is 9.82. The maximum atomic E-state index is 11.6. The first-order valence-corrected chi connectivity index (χ1v) is 15.4. The molecule has 0 unspecified atom stereocenters. The minimum Gasteiger partial charge on any atom is -0.310 e. The average Bonchev–Trinajstić information content (AvgIpc) is 3.60. The Hall–Kier alpha value is -4.47. The molecular weight excluding hydrogens is 531 g/mol. The highest BCUT2D eigenvalue weighted by atomic mass is 32.1. The smallest absolute Gasteiger partial charge is 0.160 e. The molecule has 2 aliphatic carbocycles. The van der Waals surface area contributed by atoms with Crippen LogP contribution >= 0.6 is 11.3 Å². The van der Waals surface area contributed by atoms with Crippen LogP contribution in [0.15, 0.2) is 109 Å². The van der Waals surface area contributed by atoms with Crippen LogP contribution in [0.2, 0.25) is 0 Å². The van der Waals surface area contributed by atoms with Crippen molar-refractivity contribution in [1.29, 1.82) is 0 Å². The van der Waals surface area contributed by atoms with E-state index >= 15 is 0 Å². The summed E-state index contributed by atoms with van der Waals surface area (Å²) >= 11 is 1.55. The van der Waals surface area contributed by atoms with Crippen LogP contribution in [0, 0.1) is 0 Å². The van der Waals surface area contributed by atoms with Crippen molar-refractivity contribution in [1.82, 2.24) is 0 Å². The maximum absolute atomic E-state index is 11.6. The SMILES string of the molecule is CC1(C)c2ccccc2-c2ccc(N(c3ccc4c(c3)C(C)(C)c3ccccc3-4)c3ccc4cc(C=O)sc4c3)cc21. The van der Waals surface area contributed by atoms with Crippen molar-refractivity contribution in [3.8, 4) is 22.3 Å². The van der Waals surface area contributed by atoms with Gasteiger partial charge in [0.05, 0.1) is 4.88 Å². The third kappa shape index (κ3) is 3.47. The van der Waals surface area contributed by atoms with Gasteiger partial charge in [-0.05, 0) is 92.4 Å². The van der Waals surface area contributed by atoms with E-state index in [2.05, 4.69) is 136 Å². The third-order valence-electron chi connectivity index (χ3n) is 9.55. The summed E-state index contributed by atoms with van der Waals surface area (Å²) in [7, 11) is 0. The van der Waals surface area contributed by atoms with Crippen molar-refractivity contribution in [2.45, 2.75) is 38.5 Å². The Labute approximate surface area is 250 Å². The zero-order chi connectivity index (χ0) is 28.8. The molecule has 1 aromatic heterocycles. The highest BCUT2D eigenvalue weighted by Gasteiger charge is 2.37. The molecule has 0 atom stereocenters. The highest BCUT2D eigenvalue weighted by Crippen LogP contribution is 2.53. The van der Waals surface area contributed by atoms with Crippen LogP contribution in [0.3, 0.4) is 0 Å². The van der Waals surface area contributed by atoms with Gasteiger partial charge >= 0.3 is 0 Å². The van der Waals surface area contributed by atoms with Gasteiger partial charge in [-0.3, -0.25) is 4.79 Å². The van der Waals surface area contributed by atoms with E-state index in [0.717, 1.165) is 38.3 Å². The number of benzene rings is 5. The highest BCUT2D eigenvalue weighted by molar-refractivity contribution is 7.20. The molecule has 0 aliphatic heterocycles. The van der Waals surface area contributed by atoms with Crippen LogP contribution in [-0.2, 0) is 10.8 Å². The number of fused-ring (bicyclic) bond motifs is 7. The molecule has 2 nitrogen and oxygen atoms in total. The van der Waals surface area contributed by atoms with Crippen molar-refractivity contribution in [2.24, 2.45) is 0 Å². The van der Waals surface area contributed by atoms with E-state index < -0.39 is 0 Å². The zero-order valence-corrected chi connectivity index (χ0v) is 25.0. The second-order valence-corrected chi connectivity index (χ2v) is 13.7. The summed E-state index contributed by atoms with van der Waals surface area (Å²) < 4.78 is 1.11. The van der Waals surface area contributed by atoms with Gasteiger partial charge in [0.15, 0.2) is 6.29 Å². The predicted molar refractivity (Wildman–Crippen MR) is 177 cm³/mol. The van der Waals surface area contributed by atoms with Crippen molar-refractivity contribution < 1.29 is 4.79 Å². The summed E-state index contributed by atoms with van der Waals surface area (Å²) in [5, 5.41) is 1.10. The first-order chi connectivity index (χ1) is 20.3. The Kier molecular flexibility index (Phi) is 5.27. The summed E-state index contributed by atoms with van der Waals surface area (Å²) in [6.45, 7) is 9.33. The number of aldehydes is 1. The van der Waals surface area contributed by atoms with E-state index in [0.29, 0.717) is 0 Å². The molecule has 42 heavy (non-hydrogen) atoms. The maximum Gasteiger partial charge on any atom is 0.160 e. The Balaban J connectivity index is 1.34. The van der Waals surface area contributed by atoms with Crippen LogP contribution in [0.25, 0.3) is 32.3 Å². The molecule has 0 bridgehead atoms. The van der Waals surface area contributed by atoms with E-state index in [4.69, 9.17) is 0 Å². The van der Waals surface area contributed by atoms with Gasteiger partial charge < -0.3 is 4.90 Å². The van der Waals surface area contributed by atoms with Gasteiger partial charge in [0.25, 0.3) is 0 Å². The molecule has 5 aromatic carbocycles. The number of thiophene rings is 1. The number of hydrogen-bond acceptors (Lipinski definition) is 3. The number of rotatable bonds is 4. The topological polar surface area (TPSA) is 20.3 Å². The lowest BCUT2D eigenvalue weighted by Crippen LogP contribution is -2.18. The van der Waals surface area contributed by atoms with Gasteiger partial charge in [0.1, 0.15) is 0 Å². The normalized spacial score (nSPS) is 15.1. The molecule has 0 fully saturated rings. The number of nitrogens with zero attached hydrogens (tertiary/aromatic N) is 1. The first kappa shape index (κ1) is 25.3. The molecule has 8 rings (SSSR count). The second-order valence-electron chi connectivity index (χ2n) is 12.6. The van der Waals surface area contributed by atoms with E-state index in [1.54, 1.807) is 11.3 Å². The molecule has 3 heteroatoms. The average molecular weight is 562 g/mol. The van der Waals surface area contributed by atoms with Crippen LogP contribution in [0.4, 0.5) is 17.1 Å². The van der Waals surface area contributed by atoms with Crippen molar-refractivity contribution in [3.05, 3.63) is 136 Å². The minimum absolute atomic E-state index is 0.0915. The second kappa shape index (κ2) is 8.77. The largest absolute Gasteiger partial charge is 0.310 e. The number of hydrogen-bond donors (Lipinski definition) is 0. The molecule has 0 saturated heterocycles. The Bertz CT molecular complexity index is 1970. The summed E-state index contributed by atoms with van der Waals surface area (Å²) in [5.41, 5.74) is 13.9. The van der Waals surface area contributed by atoms with Gasteiger partial charge in [-0.2, -0.15) is 0 Å². The summed E-state index contributed by atoms with van der Waals surface area (Å²) in [5.74, 6) is 0. The molecule has 0 amide bonds. The van der Waals surface area contributed by atoms with Gasteiger partial charge in [-0.1, -0.05) is 94.4 Å². The number of anilines is 3. The van der Waals surface area contributed by atoms with Gasteiger partial charge in [0.2, 0.25) is 0 Å². The van der Waals surface area contributed by atoms with E-state index in [-0.39, 0.29) is 10.8 Å². The fraction of sp³-hybridized carbons (Fsp3) is 0.154. The quantitative estimate of drug-likeness (QED) is 0.200. The van der Waals surface area contributed by atoms with Gasteiger partial charge in [-0.25, -0.2) is 0 Å². The van der Waals surface area contributed by atoms with E-state index in [1.165, 1.54) is 44.5 Å². The molecule has 1 heterocycles. The fourth-order valence-corrected chi connectivity index (χ4v) is 8.26. The molecule has 0 N–H and O–H groups in total. The molecule has 2 aliphatic rings. The van der Waals surface area contributed by atoms with Crippen LogP contribution < -0.4 is 4.90 Å². The van der Waals surface area contributed by atoms with Crippen LogP contribution in [0.5, 0.6) is 0 Å². The summed E-state index contributed by atoms with van der Waals surface area (Å²) in [6, 6.07) is 40.0. The minimum atomic E-state index is -0.0915. The molecule has 0 spiro atoms. The van der Waals surface area contributed by atoms with Crippen molar-refractivity contribution in [2.75, 3.05) is 4.90 Å². The van der Waals surface area contributed by atoms with Gasteiger partial charge in [0, 0.05) is 32.6 Å². The van der Waals surface area contributed by atoms with Crippen molar-refractivity contribution >= 4 is 44.8 Å². The third-order valence-corrected chi connectivity index (χ3v) is 10.6. The number of carbonyl (C=O) groups is 1. The summed E-state index contributed by atoms with van der Waals surface area (Å²) in [4.78, 5) is 14.7. The zero-order valence-electron chi connectivity index (χ0n) is 24.2. The van der Waals surface area contributed by atoms with Gasteiger partial charge in [-0.15, -0.1) is 11.3 Å². The van der Waals surface area contributed by atoms with E-state index in [9.17, 15) is 4.79 Å². The predicted octanol–water partition coefficient (Wildman–Crippen LogP) is 10.8. The standard InChI is InChI=1S/C39H31NOS/c1-38(2)33-11-7-5-9-29(33)31-17-15-25(20-35(31)38)40(27-14-13-24-19-28(23-41)42-37(24)22-27)26-16-18-32-30-10-6-8-12-34(30)39(3,4)36(32)21-26/h5-23H,1-4H3. The van der Waals surface area contributed by atoms with Crippen molar-refractivity contribution in [3.63, 3.8) is 0 Å². The molecule has 6 aromatic rings.